The fraction of sp³-hybridized carbons (Fsp3) is 0.727. The summed E-state index contributed by atoms with van der Waals surface area (Å²) < 4.78 is 2.48. The van der Waals surface area contributed by atoms with Crippen LogP contribution in [0.1, 0.15) is 42.9 Å². The molecule has 2 aliphatic heterocycles. The van der Waals surface area contributed by atoms with Gasteiger partial charge in [-0.1, -0.05) is 6.92 Å². The van der Waals surface area contributed by atoms with Crippen LogP contribution in [0.15, 0.2) is 0 Å². The largest absolute Gasteiger partial charge is 0.331 e. The van der Waals surface area contributed by atoms with Crippen LogP contribution in [0, 0.1) is 0 Å². The lowest BCUT2D eigenvalue weighted by Crippen LogP contribution is -2.25. The topological polar surface area (TPSA) is 29.9 Å². The van der Waals surface area contributed by atoms with Gasteiger partial charge in [-0.05, 0) is 12.8 Å². The van der Waals surface area contributed by atoms with E-state index in [1.54, 1.807) is 0 Å². The summed E-state index contributed by atoms with van der Waals surface area (Å²) in [5.74, 6) is 2.00. The first-order valence-corrected chi connectivity index (χ1v) is 5.65. The highest BCUT2D eigenvalue weighted by Crippen LogP contribution is 2.29. The lowest BCUT2D eigenvalue weighted by Gasteiger charge is -2.22. The zero-order chi connectivity index (χ0) is 9.54. The van der Waals surface area contributed by atoms with E-state index in [0.717, 1.165) is 19.5 Å². The van der Waals surface area contributed by atoms with Gasteiger partial charge >= 0.3 is 0 Å². The van der Waals surface area contributed by atoms with E-state index < -0.39 is 0 Å². The molecule has 1 aromatic heterocycles. The molecule has 0 amide bonds. The molecule has 3 heterocycles. The maximum Gasteiger partial charge on any atom is 0.112 e. The molecular formula is C11H17N3. The number of imidazole rings is 1. The zero-order valence-corrected chi connectivity index (χ0v) is 8.71. The summed E-state index contributed by atoms with van der Waals surface area (Å²) in [7, 11) is 0. The minimum absolute atomic E-state index is 0.661. The van der Waals surface area contributed by atoms with Crippen molar-refractivity contribution in [3.63, 3.8) is 0 Å². The lowest BCUT2D eigenvalue weighted by molar-refractivity contribution is 0.451. The van der Waals surface area contributed by atoms with Gasteiger partial charge in [0.1, 0.15) is 5.82 Å². The molecule has 1 atom stereocenters. The maximum atomic E-state index is 4.77. The Bertz CT molecular complexity index is 354. The molecule has 0 aromatic carbocycles. The Balaban J connectivity index is 2.10. The second kappa shape index (κ2) is 3.09. The van der Waals surface area contributed by atoms with Gasteiger partial charge in [0, 0.05) is 37.7 Å². The summed E-state index contributed by atoms with van der Waals surface area (Å²) in [6, 6.07) is 0. The number of rotatable bonds is 0. The molecule has 0 bridgehead atoms. The van der Waals surface area contributed by atoms with Crippen molar-refractivity contribution in [2.45, 2.75) is 45.2 Å². The normalized spacial score (nSPS) is 25.6. The molecule has 0 spiro atoms. The van der Waals surface area contributed by atoms with E-state index in [1.807, 2.05) is 0 Å². The highest BCUT2D eigenvalue weighted by molar-refractivity contribution is 5.22. The molecule has 0 aliphatic carbocycles. The van der Waals surface area contributed by atoms with Crippen LogP contribution in [0.2, 0.25) is 0 Å². The molecular weight excluding hydrogens is 174 g/mol. The fourth-order valence-corrected chi connectivity index (χ4v) is 2.70. The van der Waals surface area contributed by atoms with E-state index in [2.05, 4.69) is 16.8 Å². The Morgan fingerprint density at radius 1 is 1.50 bits per heavy atom. The minimum Gasteiger partial charge on any atom is -0.331 e. The zero-order valence-electron chi connectivity index (χ0n) is 8.71. The minimum atomic E-state index is 0.661. The first-order chi connectivity index (χ1) is 6.86. The molecule has 14 heavy (non-hydrogen) atoms. The summed E-state index contributed by atoms with van der Waals surface area (Å²) in [5.41, 5.74) is 2.81. The van der Waals surface area contributed by atoms with Gasteiger partial charge in [0.05, 0.1) is 5.69 Å². The first kappa shape index (κ1) is 8.48. The summed E-state index contributed by atoms with van der Waals surface area (Å²) in [6.45, 7) is 5.59. The molecule has 3 heteroatoms. The van der Waals surface area contributed by atoms with Crippen molar-refractivity contribution in [2.75, 3.05) is 6.54 Å². The summed E-state index contributed by atoms with van der Waals surface area (Å²) in [5, 5.41) is 3.39. The average Bonchev–Trinajstić information content (AvgIpc) is 2.59. The number of hydrogen-bond acceptors (Lipinski definition) is 2. The summed E-state index contributed by atoms with van der Waals surface area (Å²) in [4.78, 5) is 4.77. The van der Waals surface area contributed by atoms with Crippen molar-refractivity contribution in [1.82, 2.24) is 14.9 Å². The van der Waals surface area contributed by atoms with Crippen molar-refractivity contribution in [1.29, 1.82) is 0 Å². The Morgan fingerprint density at radius 2 is 2.43 bits per heavy atom. The van der Waals surface area contributed by atoms with Crippen molar-refractivity contribution in [2.24, 2.45) is 0 Å². The molecule has 1 unspecified atom stereocenters. The number of fused-ring (bicyclic) bond motifs is 3. The molecule has 0 saturated carbocycles. The van der Waals surface area contributed by atoms with Gasteiger partial charge in [-0.3, -0.25) is 0 Å². The SMILES string of the molecule is CC1CCCn2c1nc1c2CCNC1. The number of nitrogens with one attached hydrogen (secondary N) is 1. The van der Waals surface area contributed by atoms with E-state index in [0.29, 0.717) is 5.92 Å². The number of aromatic nitrogens is 2. The highest BCUT2D eigenvalue weighted by Gasteiger charge is 2.25. The van der Waals surface area contributed by atoms with Crippen LogP contribution >= 0.6 is 0 Å². The van der Waals surface area contributed by atoms with Crippen molar-refractivity contribution < 1.29 is 0 Å². The molecule has 2 aliphatic rings. The summed E-state index contributed by atoms with van der Waals surface area (Å²) in [6.07, 6.45) is 3.79. The third kappa shape index (κ3) is 1.12. The molecule has 0 fully saturated rings. The van der Waals surface area contributed by atoms with Gasteiger partial charge in [-0.2, -0.15) is 0 Å². The average molecular weight is 191 g/mol. The highest BCUT2D eigenvalue weighted by atomic mass is 15.1. The predicted molar refractivity (Wildman–Crippen MR) is 55.3 cm³/mol. The quantitative estimate of drug-likeness (QED) is 0.672. The van der Waals surface area contributed by atoms with Crippen LogP contribution < -0.4 is 5.32 Å². The van der Waals surface area contributed by atoms with Gasteiger partial charge in [0.15, 0.2) is 0 Å². The van der Waals surface area contributed by atoms with E-state index in [1.165, 1.54) is 36.6 Å². The van der Waals surface area contributed by atoms with Crippen LogP contribution in [0.4, 0.5) is 0 Å². The van der Waals surface area contributed by atoms with Crippen molar-refractivity contribution in [3.8, 4) is 0 Å². The van der Waals surface area contributed by atoms with E-state index in [4.69, 9.17) is 4.98 Å². The van der Waals surface area contributed by atoms with Gasteiger partial charge in [-0.25, -0.2) is 4.98 Å². The second-order valence-electron chi connectivity index (χ2n) is 4.49. The monoisotopic (exact) mass is 191 g/mol. The first-order valence-electron chi connectivity index (χ1n) is 5.65. The van der Waals surface area contributed by atoms with Gasteiger partial charge in [0.2, 0.25) is 0 Å². The molecule has 1 aromatic rings. The van der Waals surface area contributed by atoms with Crippen LogP contribution in [0.3, 0.4) is 0 Å². The molecule has 0 saturated heterocycles. The van der Waals surface area contributed by atoms with E-state index >= 15 is 0 Å². The molecule has 0 radical (unpaired) electrons. The molecule has 76 valence electrons. The van der Waals surface area contributed by atoms with Crippen LogP contribution in [0.5, 0.6) is 0 Å². The number of hydrogen-bond donors (Lipinski definition) is 1. The van der Waals surface area contributed by atoms with Crippen LogP contribution in [-0.4, -0.2) is 16.1 Å². The third-order valence-electron chi connectivity index (χ3n) is 3.48. The molecule has 1 N–H and O–H groups in total. The lowest BCUT2D eigenvalue weighted by atomic mass is 10.0. The van der Waals surface area contributed by atoms with Crippen LogP contribution in [0.25, 0.3) is 0 Å². The van der Waals surface area contributed by atoms with E-state index in [9.17, 15) is 0 Å². The van der Waals surface area contributed by atoms with Crippen molar-refractivity contribution >= 4 is 0 Å². The van der Waals surface area contributed by atoms with Gasteiger partial charge < -0.3 is 9.88 Å². The third-order valence-corrected chi connectivity index (χ3v) is 3.48. The smallest absolute Gasteiger partial charge is 0.112 e. The molecule has 3 nitrogen and oxygen atoms in total. The Morgan fingerprint density at radius 3 is 3.36 bits per heavy atom. The summed E-state index contributed by atoms with van der Waals surface area (Å²) >= 11 is 0. The predicted octanol–water partition coefficient (Wildman–Crippen LogP) is 1.43. The van der Waals surface area contributed by atoms with Crippen LogP contribution in [-0.2, 0) is 19.5 Å². The Labute approximate surface area is 84.5 Å². The molecule has 3 rings (SSSR count). The maximum absolute atomic E-state index is 4.77. The van der Waals surface area contributed by atoms with Gasteiger partial charge in [-0.15, -0.1) is 0 Å². The Hall–Kier alpha value is -0.830. The van der Waals surface area contributed by atoms with Gasteiger partial charge in [0.25, 0.3) is 0 Å². The fourth-order valence-electron chi connectivity index (χ4n) is 2.70. The second-order valence-corrected chi connectivity index (χ2v) is 4.49. The van der Waals surface area contributed by atoms with E-state index in [-0.39, 0.29) is 0 Å². The standard InChI is InChI=1S/C11H17N3/c1-8-3-2-6-14-10-4-5-12-7-9(10)13-11(8)14/h8,12H,2-7H2,1H3. The van der Waals surface area contributed by atoms with Crippen molar-refractivity contribution in [3.05, 3.63) is 17.2 Å². The number of nitrogens with zero attached hydrogens (tertiary/aromatic N) is 2. The Kier molecular flexibility index (Phi) is 1.87.